The maximum atomic E-state index is 10.3. The molecule has 3 N–H and O–H groups in total. The minimum atomic E-state index is -0.708. The van der Waals surface area contributed by atoms with E-state index >= 15 is 0 Å². The topological polar surface area (TPSA) is 85.9 Å². The maximum absolute atomic E-state index is 10.3. The third-order valence-corrected chi connectivity index (χ3v) is 0.746. The molecule has 1 rings (SSSR count). The predicted molar refractivity (Wildman–Crippen MR) is 29.3 cm³/mol. The van der Waals surface area contributed by atoms with E-state index in [1.807, 2.05) is 9.97 Å². The molecule has 0 atom stereocenters. The lowest BCUT2D eigenvalue weighted by Crippen LogP contribution is -2.19. The zero-order chi connectivity index (χ0) is 6.85. The molecule has 48 valence electrons. The molecule has 0 aliphatic rings. The molecule has 1 aromatic heterocycles. The Labute approximate surface area is 49.0 Å². The Hall–Kier alpha value is -1.52. The molecule has 0 saturated carbocycles. The zero-order valence-corrected chi connectivity index (χ0v) is 4.34. The second-order valence-electron chi connectivity index (χ2n) is 1.47. The first kappa shape index (κ1) is 5.61. The lowest BCUT2D eigenvalue weighted by atomic mass is 10.7. The molecule has 5 heteroatoms. The van der Waals surface area contributed by atoms with Gasteiger partial charge in [-0.25, -0.2) is 4.79 Å². The van der Waals surface area contributed by atoms with Crippen LogP contribution in [-0.2, 0) is 0 Å². The molecule has 1 aromatic rings. The van der Waals surface area contributed by atoms with Crippen LogP contribution in [0, 0.1) is 0 Å². The fourth-order valence-corrected chi connectivity index (χ4v) is 0.456. The molecule has 0 aliphatic heterocycles. The van der Waals surface area contributed by atoms with Gasteiger partial charge in [0.15, 0.2) is 5.88 Å². The van der Waals surface area contributed by atoms with Crippen molar-refractivity contribution >= 4 is 0 Å². The molecule has 0 aliphatic carbocycles. The summed E-state index contributed by atoms with van der Waals surface area (Å²) in [4.78, 5) is 24.4. The number of H-pyrrole nitrogens is 2. The van der Waals surface area contributed by atoms with Crippen molar-refractivity contribution in [1.82, 2.24) is 9.97 Å². The quantitative estimate of drug-likeness (QED) is 0.411. The van der Waals surface area contributed by atoms with Crippen molar-refractivity contribution < 1.29 is 5.11 Å². The minimum Gasteiger partial charge on any atom is -0.494 e. The summed E-state index contributed by atoms with van der Waals surface area (Å²) < 4.78 is 0. The third-order valence-electron chi connectivity index (χ3n) is 0.746. The van der Waals surface area contributed by atoms with Crippen molar-refractivity contribution in [2.75, 3.05) is 0 Å². The lowest BCUT2D eigenvalue weighted by Gasteiger charge is -1.84. The van der Waals surface area contributed by atoms with E-state index in [0.29, 0.717) is 0 Å². The first-order chi connectivity index (χ1) is 4.18. The van der Waals surface area contributed by atoms with Crippen LogP contribution in [0.15, 0.2) is 15.7 Å². The van der Waals surface area contributed by atoms with Gasteiger partial charge in [0, 0.05) is 0 Å². The maximum Gasteiger partial charge on any atom is 0.328 e. The molecule has 0 unspecified atom stereocenters. The van der Waals surface area contributed by atoms with E-state index in [2.05, 4.69) is 0 Å². The SMILES string of the molecule is O=c1cc(O)[14nH][14c](=O)[14nH]1. The first-order valence-electron chi connectivity index (χ1n) is 2.21. The fraction of sp³-hybridized carbons (Fsp3) is 0. The highest BCUT2D eigenvalue weighted by atomic mass is 16.3. The monoisotopic (exact) mass is 130 g/mol. The molecule has 0 radical (unpaired) electrons. The van der Waals surface area contributed by atoms with Crippen LogP contribution in [0.3, 0.4) is 0 Å². The fourth-order valence-electron chi connectivity index (χ4n) is 0.456. The van der Waals surface area contributed by atoms with Gasteiger partial charge in [0.2, 0.25) is 0 Å². The van der Waals surface area contributed by atoms with Gasteiger partial charge in [-0.1, -0.05) is 0 Å². The van der Waals surface area contributed by atoms with Gasteiger partial charge in [-0.2, -0.15) is 0 Å². The summed E-state index contributed by atoms with van der Waals surface area (Å²) in [6.07, 6.45) is 0. The first-order valence-corrected chi connectivity index (χ1v) is 2.21. The average Bonchev–Trinajstić information content (AvgIpc) is 1.59. The van der Waals surface area contributed by atoms with Crippen LogP contribution >= 0.6 is 0 Å². The van der Waals surface area contributed by atoms with Crippen LogP contribution in [0.25, 0.3) is 0 Å². The predicted octanol–water partition coefficient (Wildman–Crippen LogP) is -1.23. The van der Waals surface area contributed by atoms with Gasteiger partial charge < -0.3 is 5.11 Å². The van der Waals surface area contributed by atoms with E-state index in [1.165, 1.54) is 0 Å². The van der Waals surface area contributed by atoms with Crippen molar-refractivity contribution in [2.45, 2.75) is 0 Å². The molecular weight excluding hydrogens is 126 g/mol. The highest BCUT2D eigenvalue weighted by Gasteiger charge is 1.88. The lowest BCUT2D eigenvalue weighted by molar-refractivity contribution is 0.448. The zero-order valence-electron chi connectivity index (χ0n) is 4.34. The van der Waals surface area contributed by atoms with Crippen molar-refractivity contribution in [2.24, 2.45) is 0 Å². The minimum absolute atomic E-state index is 0.427. The summed E-state index contributed by atoms with van der Waals surface area (Å²) in [5.41, 5.74) is -1.32. The molecule has 0 fully saturated rings. The van der Waals surface area contributed by atoms with Crippen LogP contribution in [0.4, 0.5) is 0 Å². The van der Waals surface area contributed by atoms with E-state index in [1.54, 1.807) is 0 Å². The Balaban J connectivity index is 3.52. The highest BCUT2D eigenvalue weighted by molar-refractivity contribution is 5.01. The van der Waals surface area contributed by atoms with Crippen molar-refractivity contribution in [3.05, 3.63) is 26.9 Å². The van der Waals surface area contributed by atoms with Crippen LogP contribution in [0.1, 0.15) is 0 Å². The average molecular weight is 130 g/mol. The molecule has 0 aromatic carbocycles. The van der Waals surface area contributed by atoms with Gasteiger partial charge in [-0.15, -0.1) is 0 Å². The number of aromatic amines is 2. The molecule has 9 heavy (non-hydrogen) atoms. The summed E-state index contributed by atoms with van der Waals surface area (Å²) in [7, 11) is 0. The number of hydrogen-bond donors (Lipinski definition) is 3. The van der Waals surface area contributed by atoms with Crippen LogP contribution < -0.4 is 11.2 Å². The van der Waals surface area contributed by atoms with Crippen molar-refractivity contribution in [1.29, 1.82) is 0 Å². The largest absolute Gasteiger partial charge is 0.494 e. The van der Waals surface area contributed by atoms with Gasteiger partial charge in [0.05, 0.1) is 6.07 Å². The summed E-state index contributed by atoms with van der Waals surface area (Å²) >= 11 is 0. The molecule has 5 nitrogen and oxygen atoms in total. The molecule has 0 bridgehead atoms. The Morgan fingerprint density at radius 1 is 1.56 bits per heavy atom. The van der Waals surface area contributed by atoms with Gasteiger partial charge in [-0.05, 0) is 0 Å². The summed E-state index contributed by atoms with van der Waals surface area (Å²) in [6, 6.07) is 0.876. The normalized spacial score (nSPS) is 9.33. The number of hydrogen-bond acceptors (Lipinski definition) is 3. The van der Waals surface area contributed by atoms with E-state index < -0.39 is 17.1 Å². The smallest absolute Gasteiger partial charge is 0.328 e. The Kier molecular flexibility index (Phi) is 1.11. The Morgan fingerprint density at radius 3 is 2.67 bits per heavy atom. The summed E-state index contributed by atoms with van der Waals surface area (Å²) in [6.45, 7) is 0. The number of aromatic hydroxyl groups is 1. The second-order valence-corrected chi connectivity index (χ2v) is 1.47. The summed E-state index contributed by atoms with van der Waals surface area (Å²) in [5, 5.41) is 8.52. The van der Waals surface area contributed by atoms with Gasteiger partial charge in [0.25, 0.3) is 5.56 Å². The van der Waals surface area contributed by atoms with Crippen molar-refractivity contribution in [3.63, 3.8) is 0 Å². The Morgan fingerprint density at radius 2 is 2.22 bits per heavy atom. The molecule has 1 heterocycles. The molecule has 0 spiro atoms. The van der Waals surface area contributed by atoms with E-state index in [4.69, 9.17) is 5.11 Å². The van der Waals surface area contributed by atoms with E-state index in [-0.39, 0.29) is 0 Å². The van der Waals surface area contributed by atoms with Crippen molar-refractivity contribution in [3.8, 4) is 5.88 Å². The van der Waals surface area contributed by atoms with E-state index in [0.717, 1.165) is 6.07 Å². The van der Waals surface area contributed by atoms with Gasteiger partial charge >= 0.3 is 5.69 Å². The summed E-state index contributed by atoms with van der Waals surface area (Å²) in [5.74, 6) is -0.427. The van der Waals surface area contributed by atoms with Crippen LogP contribution in [0.5, 0.6) is 5.88 Å². The number of rotatable bonds is 0. The Bertz CT molecular complexity index is 282. The molecule has 0 amide bonds. The van der Waals surface area contributed by atoms with Crippen LogP contribution in [-0.4, -0.2) is 15.1 Å². The standard InChI is InChI=1S/C4H4N2O3/c7-2-1-3(8)6-4(9)5-2/h1H,(H3,5,6,7,8,9)/i4+2,5+0,6+0. The highest BCUT2D eigenvalue weighted by Crippen LogP contribution is 1.87. The van der Waals surface area contributed by atoms with Gasteiger partial charge in [-0.3, -0.25) is 14.8 Å². The molecular formula is C4H4N2O3. The number of aromatic nitrogens is 2. The second kappa shape index (κ2) is 1.77. The van der Waals surface area contributed by atoms with E-state index in [9.17, 15) is 9.59 Å². The molecule has 0 saturated heterocycles. The third kappa shape index (κ3) is 1.18. The number of nitrogens with one attached hydrogen (secondary N) is 2. The van der Waals surface area contributed by atoms with Crippen LogP contribution in [0.2, 0.25) is 0 Å². The van der Waals surface area contributed by atoms with Gasteiger partial charge in [0.1, 0.15) is 0 Å².